The third kappa shape index (κ3) is 3.28. The number of aryl methyl sites for hydroxylation is 1. The molecule has 0 aliphatic carbocycles. The molecule has 0 heterocycles. The lowest BCUT2D eigenvalue weighted by Crippen LogP contribution is -2.22. The highest BCUT2D eigenvalue weighted by atomic mass is 32.2. The van der Waals surface area contributed by atoms with E-state index in [1.54, 1.807) is 6.92 Å². The van der Waals surface area contributed by atoms with Gasteiger partial charge in [-0.2, -0.15) is 0 Å². The van der Waals surface area contributed by atoms with E-state index in [1.807, 2.05) is 6.92 Å². The van der Waals surface area contributed by atoms with Crippen LogP contribution >= 0.6 is 0 Å². The number of hydrogen-bond acceptors (Lipinski definition) is 3. The third-order valence-corrected chi connectivity index (χ3v) is 4.00. The Hall–Kier alpha value is -0.940. The average Bonchev–Trinajstić information content (AvgIpc) is 2.22. The summed E-state index contributed by atoms with van der Waals surface area (Å²) in [7, 11) is -3.30. The van der Waals surface area contributed by atoms with E-state index in [4.69, 9.17) is 0 Å². The minimum absolute atomic E-state index is 0.0336. The van der Waals surface area contributed by atoms with Gasteiger partial charge >= 0.3 is 0 Å². The molecule has 0 atom stereocenters. The number of rotatable bonds is 5. The summed E-state index contributed by atoms with van der Waals surface area (Å²) >= 11 is 0. The Morgan fingerprint density at radius 2 is 2.06 bits per heavy atom. The number of benzene rings is 1. The molecule has 0 aliphatic rings. The Bertz CT molecular complexity index is 457. The van der Waals surface area contributed by atoms with E-state index in [1.165, 1.54) is 18.2 Å². The number of sulfone groups is 1. The summed E-state index contributed by atoms with van der Waals surface area (Å²) in [5.74, 6) is -0.350. The maximum Gasteiger partial charge on any atom is 0.179 e. The molecule has 0 bridgehead atoms. The van der Waals surface area contributed by atoms with Gasteiger partial charge in [0.1, 0.15) is 5.82 Å². The van der Waals surface area contributed by atoms with Crippen molar-refractivity contribution in [3.05, 3.63) is 29.6 Å². The average molecular weight is 245 g/mol. The van der Waals surface area contributed by atoms with Crippen molar-refractivity contribution in [2.45, 2.75) is 18.7 Å². The topological polar surface area (TPSA) is 46.2 Å². The van der Waals surface area contributed by atoms with Gasteiger partial charge in [-0.15, -0.1) is 0 Å². The monoisotopic (exact) mass is 245 g/mol. The number of hydrogen-bond donors (Lipinski definition) is 1. The lowest BCUT2D eigenvalue weighted by molar-refractivity contribution is 0.590. The molecule has 0 amide bonds. The van der Waals surface area contributed by atoms with Gasteiger partial charge in [-0.25, -0.2) is 12.8 Å². The highest BCUT2D eigenvalue weighted by molar-refractivity contribution is 7.91. The van der Waals surface area contributed by atoms with Crippen molar-refractivity contribution >= 4 is 9.84 Å². The van der Waals surface area contributed by atoms with Crippen molar-refractivity contribution in [2.24, 2.45) is 0 Å². The fraction of sp³-hybridized carbons (Fsp3) is 0.455. The molecule has 1 aromatic rings. The number of nitrogens with one attached hydrogen (secondary N) is 1. The Morgan fingerprint density at radius 3 is 2.62 bits per heavy atom. The lowest BCUT2D eigenvalue weighted by atomic mass is 10.2. The van der Waals surface area contributed by atoms with E-state index >= 15 is 0 Å². The Labute approximate surface area is 95.6 Å². The molecule has 3 nitrogen and oxygen atoms in total. The summed E-state index contributed by atoms with van der Waals surface area (Å²) in [5, 5.41) is 2.95. The maximum absolute atomic E-state index is 13.0. The molecule has 1 N–H and O–H groups in total. The molecule has 0 saturated carbocycles. The van der Waals surface area contributed by atoms with Gasteiger partial charge in [-0.3, -0.25) is 0 Å². The first-order chi connectivity index (χ1) is 7.47. The van der Waals surface area contributed by atoms with Gasteiger partial charge in [0.15, 0.2) is 9.84 Å². The van der Waals surface area contributed by atoms with Crippen LogP contribution in [-0.2, 0) is 9.84 Å². The molecule has 1 rings (SSSR count). The van der Waals surface area contributed by atoms with Crippen LogP contribution in [0.2, 0.25) is 0 Å². The predicted octanol–water partition coefficient (Wildman–Crippen LogP) is 1.52. The molecule has 0 fully saturated rings. The molecule has 0 aliphatic heterocycles. The van der Waals surface area contributed by atoms with E-state index in [-0.39, 0.29) is 16.5 Å². The van der Waals surface area contributed by atoms with Gasteiger partial charge in [-0.05, 0) is 37.2 Å². The Morgan fingerprint density at radius 1 is 1.38 bits per heavy atom. The van der Waals surface area contributed by atoms with Crippen molar-refractivity contribution in [1.82, 2.24) is 5.32 Å². The van der Waals surface area contributed by atoms with Crippen molar-refractivity contribution < 1.29 is 12.8 Å². The molecule has 0 radical (unpaired) electrons. The molecule has 0 unspecified atom stereocenters. The smallest absolute Gasteiger partial charge is 0.179 e. The fourth-order valence-corrected chi connectivity index (χ4v) is 2.59. The standard InChI is InChI=1S/C11H16FNO2S/c1-3-13-6-7-16(14,15)10-4-5-11(12)9(2)8-10/h4-5,8,13H,3,6-7H2,1-2H3. The van der Waals surface area contributed by atoms with Crippen molar-refractivity contribution in [3.8, 4) is 0 Å². The van der Waals surface area contributed by atoms with Crippen molar-refractivity contribution in [2.75, 3.05) is 18.8 Å². The van der Waals surface area contributed by atoms with E-state index in [9.17, 15) is 12.8 Å². The second-order valence-electron chi connectivity index (χ2n) is 3.58. The molecule has 0 aromatic heterocycles. The van der Waals surface area contributed by atoms with Crippen LogP contribution in [0.5, 0.6) is 0 Å². The molecule has 0 saturated heterocycles. The summed E-state index contributed by atoms with van der Waals surface area (Å²) in [5.41, 5.74) is 0.351. The molecule has 90 valence electrons. The summed E-state index contributed by atoms with van der Waals surface area (Å²) in [6.45, 7) is 4.61. The van der Waals surface area contributed by atoms with Crippen LogP contribution in [0.1, 0.15) is 12.5 Å². The van der Waals surface area contributed by atoms with E-state index in [2.05, 4.69) is 5.32 Å². The van der Waals surface area contributed by atoms with E-state index < -0.39 is 9.84 Å². The van der Waals surface area contributed by atoms with Crippen molar-refractivity contribution in [3.63, 3.8) is 0 Å². The van der Waals surface area contributed by atoms with Crippen LogP contribution < -0.4 is 5.32 Å². The first kappa shape index (κ1) is 13.1. The van der Waals surface area contributed by atoms with Gasteiger partial charge in [0, 0.05) is 6.54 Å². The van der Waals surface area contributed by atoms with Crippen LogP contribution in [0.4, 0.5) is 4.39 Å². The van der Waals surface area contributed by atoms with Crippen LogP contribution in [0.25, 0.3) is 0 Å². The fourth-order valence-electron chi connectivity index (χ4n) is 1.31. The van der Waals surface area contributed by atoms with E-state index in [0.29, 0.717) is 12.1 Å². The van der Waals surface area contributed by atoms with E-state index in [0.717, 1.165) is 6.54 Å². The molecule has 5 heteroatoms. The molecule has 0 spiro atoms. The quantitative estimate of drug-likeness (QED) is 0.632. The normalized spacial score (nSPS) is 11.7. The van der Waals surface area contributed by atoms with Crippen molar-refractivity contribution in [1.29, 1.82) is 0 Å². The van der Waals surface area contributed by atoms with Gasteiger partial charge in [0.2, 0.25) is 0 Å². The highest BCUT2D eigenvalue weighted by Gasteiger charge is 2.14. The predicted molar refractivity (Wildman–Crippen MR) is 61.7 cm³/mol. The summed E-state index contributed by atoms with van der Waals surface area (Å²) in [6.07, 6.45) is 0. The molecular formula is C11H16FNO2S. The summed E-state index contributed by atoms with van der Waals surface area (Å²) in [6, 6.07) is 3.87. The second kappa shape index (κ2) is 5.41. The Balaban J connectivity index is 2.86. The zero-order valence-electron chi connectivity index (χ0n) is 9.46. The van der Waals surface area contributed by atoms with Crippen LogP contribution in [0.15, 0.2) is 23.1 Å². The van der Waals surface area contributed by atoms with Crippen LogP contribution in [-0.4, -0.2) is 27.3 Å². The summed E-state index contributed by atoms with van der Waals surface area (Å²) in [4.78, 5) is 0.185. The van der Waals surface area contributed by atoms with Gasteiger partial charge in [-0.1, -0.05) is 6.92 Å². The minimum Gasteiger partial charge on any atom is -0.316 e. The van der Waals surface area contributed by atoms with Gasteiger partial charge in [0.05, 0.1) is 10.6 Å². The minimum atomic E-state index is -3.30. The highest BCUT2D eigenvalue weighted by Crippen LogP contribution is 2.15. The summed E-state index contributed by atoms with van der Waals surface area (Å²) < 4.78 is 36.6. The SMILES string of the molecule is CCNCCS(=O)(=O)c1ccc(F)c(C)c1. The zero-order chi connectivity index (χ0) is 12.2. The Kier molecular flexibility index (Phi) is 4.44. The van der Waals surface area contributed by atoms with Crippen LogP contribution in [0.3, 0.4) is 0 Å². The molecule has 1 aromatic carbocycles. The van der Waals surface area contributed by atoms with Gasteiger partial charge < -0.3 is 5.32 Å². The lowest BCUT2D eigenvalue weighted by Gasteiger charge is -2.06. The molecule has 16 heavy (non-hydrogen) atoms. The van der Waals surface area contributed by atoms with Crippen LogP contribution in [0, 0.1) is 12.7 Å². The zero-order valence-corrected chi connectivity index (χ0v) is 10.3. The molecular weight excluding hydrogens is 229 g/mol. The maximum atomic E-state index is 13.0. The first-order valence-electron chi connectivity index (χ1n) is 5.17. The second-order valence-corrected chi connectivity index (χ2v) is 5.69. The number of halogens is 1. The first-order valence-corrected chi connectivity index (χ1v) is 6.82. The largest absolute Gasteiger partial charge is 0.316 e. The van der Waals surface area contributed by atoms with Gasteiger partial charge in [0.25, 0.3) is 0 Å². The third-order valence-electron chi connectivity index (χ3n) is 2.29.